The molecule has 0 saturated heterocycles. The van der Waals surface area contributed by atoms with E-state index >= 15 is 0 Å². The van der Waals surface area contributed by atoms with E-state index in [2.05, 4.69) is 10.3 Å². The van der Waals surface area contributed by atoms with Crippen LogP contribution in [0.25, 0.3) is 16.5 Å². The van der Waals surface area contributed by atoms with E-state index in [1.807, 2.05) is 91.0 Å². The Balaban J connectivity index is 1.48. The molecule has 2 N–H and O–H groups in total. The Morgan fingerprint density at radius 2 is 1.77 bits per heavy atom. The Hall–Kier alpha value is -3.67. The van der Waals surface area contributed by atoms with Gasteiger partial charge in [0.2, 0.25) is 0 Å². The van der Waals surface area contributed by atoms with Gasteiger partial charge in [-0.05, 0) is 60.9 Å². The fraction of sp³-hybridized carbons (Fsp3) is 0.172. The number of aromatic nitrogens is 1. The second-order valence-corrected chi connectivity index (χ2v) is 8.75. The van der Waals surface area contributed by atoms with Crippen molar-refractivity contribution in [3.8, 4) is 5.75 Å². The highest BCUT2D eigenvalue weighted by atomic mass is 35.5. The number of halogens is 1. The molecule has 4 aromatic rings. The van der Waals surface area contributed by atoms with Gasteiger partial charge in [-0.25, -0.2) is 4.98 Å². The van der Waals surface area contributed by atoms with Gasteiger partial charge in [0.05, 0.1) is 17.8 Å². The van der Waals surface area contributed by atoms with E-state index in [4.69, 9.17) is 16.3 Å². The van der Waals surface area contributed by atoms with Crippen LogP contribution < -0.4 is 10.1 Å². The highest BCUT2D eigenvalue weighted by molar-refractivity contribution is 6.30. The lowest BCUT2D eigenvalue weighted by Crippen LogP contribution is -2.35. The average molecular weight is 487 g/mol. The number of fused-ring (bicyclic) bond motifs is 1. The van der Waals surface area contributed by atoms with Crippen LogP contribution in [0.1, 0.15) is 23.7 Å². The predicted octanol–water partition coefficient (Wildman–Crippen LogP) is 5.59. The molecule has 0 aliphatic carbocycles. The van der Waals surface area contributed by atoms with Gasteiger partial charge in [0.25, 0.3) is 5.91 Å². The van der Waals surface area contributed by atoms with Crippen LogP contribution in [0.2, 0.25) is 5.02 Å². The summed E-state index contributed by atoms with van der Waals surface area (Å²) in [7, 11) is 0. The Morgan fingerprint density at radius 3 is 2.51 bits per heavy atom. The van der Waals surface area contributed by atoms with Crippen molar-refractivity contribution in [2.24, 2.45) is 0 Å². The molecule has 35 heavy (non-hydrogen) atoms. The topological polar surface area (TPSA) is 71.5 Å². The van der Waals surface area contributed by atoms with Gasteiger partial charge in [-0.15, -0.1) is 0 Å². The first kappa shape index (κ1) is 24.5. The highest BCUT2D eigenvalue weighted by Crippen LogP contribution is 2.22. The van der Waals surface area contributed by atoms with E-state index < -0.39 is 0 Å². The lowest BCUT2D eigenvalue weighted by atomic mass is 10.0. The molecular formula is C29H27ClN2O3. The number of amides is 1. The number of nitrogens with zero attached hydrogens (tertiary/aromatic N) is 1. The maximum Gasteiger partial charge on any atom is 0.251 e. The van der Waals surface area contributed by atoms with Gasteiger partial charge < -0.3 is 15.2 Å². The van der Waals surface area contributed by atoms with E-state index in [1.54, 1.807) is 6.92 Å². The molecule has 3 aromatic carbocycles. The van der Waals surface area contributed by atoms with Gasteiger partial charge in [0.1, 0.15) is 12.4 Å². The monoisotopic (exact) mass is 486 g/mol. The molecule has 6 heteroatoms. The van der Waals surface area contributed by atoms with Crippen LogP contribution in [-0.2, 0) is 17.8 Å². The van der Waals surface area contributed by atoms with Crippen molar-refractivity contribution in [2.75, 3.05) is 6.61 Å². The first-order valence-corrected chi connectivity index (χ1v) is 11.8. The quantitative estimate of drug-likeness (QED) is 0.302. The van der Waals surface area contributed by atoms with Crippen LogP contribution in [0.15, 0.2) is 91.0 Å². The van der Waals surface area contributed by atoms with Gasteiger partial charge in [-0.1, -0.05) is 66.2 Å². The van der Waals surface area contributed by atoms with Gasteiger partial charge in [-0.3, -0.25) is 4.79 Å². The molecule has 4 rings (SSSR count). The molecule has 0 aliphatic rings. The lowest BCUT2D eigenvalue weighted by Gasteiger charge is -2.14. The smallest absolute Gasteiger partial charge is 0.251 e. The molecule has 5 nitrogen and oxygen atoms in total. The summed E-state index contributed by atoms with van der Waals surface area (Å²) in [6, 6.07) is 26.5. The minimum Gasteiger partial charge on any atom is -0.487 e. The summed E-state index contributed by atoms with van der Waals surface area (Å²) < 4.78 is 5.93. The third-order valence-corrected chi connectivity index (χ3v) is 5.81. The van der Waals surface area contributed by atoms with Gasteiger partial charge in [0, 0.05) is 22.0 Å². The predicted molar refractivity (Wildman–Crippen MR) is 140 cm³/mol. The standard InChI is InChI=1S/C29H27ClN2O3/c1-20(18-33)31-29(34)27(17-8-21-6-12-24(30)13-7-21)22-10-15-26(16-11-22)35-19-25-14-9-23-4-2-3-5-28(23)32-25/h2-7,9-17,20,33H,8,18-19H2,1H3,(H,31,34)/b27-17+. The molecule has 0 bridgehead atoms. The van der Waals surface area contributed by atoms with E-state index in [1.165, 1.54) is 0 Å². The Kier molecular flexibility index (Phi) is 8.14. The summed E-state index contributed by atoms with van der Waals surface area (Å²) in [6.07, 6.45) is 2.46. The summed E-state index contributed by atoms with van der Waals surface area (Å²) in [5.74, 6) is 0.444. The van der Waals surface area contributed by atoms with Crippen LogP contribution in [0, 0.1) is 0 Å². The second kappa shape index (κ2) is 11.6. The maximum absolute atomic E-state index is 12.9. The fourth-order valence-corrected chi connectivity index (χ4v) is 3.73. The first-order valence-electron chi connectivity index (χ1n) is 11.5. The average Bonchev–Trinajstić information content (AvgIpc) is 2.89. The maximum atomic E-state index is 12.9. The van der Waals surface area contributed by atoms with Gasteiger partial charge in [0.15, 0.2) is 0 Å². The van der Waals surface area contributed by atoms with Crippen LogP contribution in [0.4, 0.5) is 0 Å². The number of benzene rings is 3. The number of hydrogen-bond donors (Lipinski definition) is 2. The molecular weight excluding hydrogens is 460 g/mol. The lowest BCUT2D eigenvalue weighted by molar-refractivity contribution is -0.116. The molecule has 0 aliphatic heterocycles. The van der Waals surface area contributed by atoms with Crippen molar-refractivity contribution in [1.29, 1.82) is 0 Å². The minimum absolute atomic E-state index is 0.133. The molecule has 1 unspecified atom stereocenters. The number of nitrogens with one attached hydrogen (secondary N) is 1. The van der Waals surface area contributed by atoms with Crippen LogP contribution in [0.5, 0.6) is 5.75 Å². The van der Waals surface area contributed by atoms with Crippen molar-refractivity contribution in [3.05, 3.63) is 113 Å². The number of rotatable bonds is 9. The SMILES string of the molecule is CC(CO)NC(=O)/C(=C/Cc1ccc(Cl)cc1)c1ccc(OCc2ccc3ccccc3n2)cc1. The molecule has 0 fully saturated rings. The summed E-state index contributed by atoms with van der Waals surface area (Å²) >= 11 is 5.98. The zero-order valence-electron chi connectivity index (χ0n) is 19.4. The van der Waals surface area contributed by atoms with Crippen LogP contribution in [-0.4, -0.2) is 28.6 Å². The number of hydrogen-bond acceptors (Lipinski definition) is 4. The molecule has 1 atom stereocenters. The number of carbonyl (C=O) groups excluding carboxylic acids is 1. The van der Waals surface area contributed by atoms with Crippen molar-refractivity contribution in [1.82, 2.24) is 10.3 Å². The van der Waals surface area contributed by atoms with Crippen molar-refractivity contribution < 1.29 is 14.6 Å². The normalized spacial score (nSPS) is 12.4. The van der Waals surface area contributed by atoms with E-state index in [0.29, 0.717) is 29.4 Å². The van der Waals surface area contributed by atoms with Gasteiger partial charge >= 0.3 is 0 Å². The number of pyridine rings is 1. The molecule has 1 heterocycles. The summed E-state index contributed by atoms with van der Waals surface area (Å²) in [5, 5.41) is 13.9. The summed E-state index contributed by atoms with van der Waals surface area (Å²) in [5.41, 5.74) is 4.11. The van der Waals surface area contributed by atoms with E-state index in [9.17, 15) is 9.90 Å². The molecule has 0 radical (unpaired) electrons. The largest absolute Gasteiger partial charge is 0.487 e. The Labute approximate surface area is 210 Å². The molecule has 0 saturated carbocycles. The number of carbonyl (C=O) groups is 1. The van der Waals surface area contributed by atoms with Crippen LogP contribution >= 0.6 is 11.6 Å². The van der Waals surface area contributed by atoms with Crippen LogP contribution in [0.3, 0.4) is 0 Å². The Bertz CT molecular complexity index is 1320. The zero-order valence-corrected chi connectivity index (χ0v) is 20.2. The van der Waals surface area contributed by atoms with Crippen molar-refractivity contribution in [3.63, 3.8) is 0 Å². The third kappa shape index (κ3) is 6.69. The third-order valence-electron chi connectivity index (χ3n) is 5.56. The zero-order chi connectivity index (χ0) is 24.6. The van der Waals surface area contributed by atoms with Crippen molar-refractivity contribution >= 4 is 34.0 Å². The van der Waals surface area contributed by atoms with Gasteiger partial charge in [-0.2, -0.15) is 0 Å². The second-order valence-electron chi connectivity index (χ2n) is 8.31. The molecule has 178 valence electrons. The number of allylic oxidation sites excluding steroid dienone is 1. The number of aliphatic hydroxyl groups is 1. The fourth-order valence-electron chi connectivity index (χ4n) is 3.61. The number of aliphatic hydroxyl groups excluding tert-OH is 1. The van der Waals surface area contributed by atoms with Crippen molar-refractivity contribution in [2.45, 2.75) is 26.0 Å². The molecule has 0 spiro atoms. The first-order chi connectivity index (χ1) is 17.0. The van der Waals surface area contributed by atoms with E-state index in [-0.39, 0.29) is 18.6 Å². The number of para-hydroxylation sites is 1. The number of ether oxygens (including phenoxy) is 1. The molecule has 1 aromatic heterocycles. The highest BCUT2D eigenvalue weighted by Gasteiger charge is 2.14. The van der Waals surface area contributed by atoms with E-state index in [0.717, 1.165) is 27.7 Å². The molecule has 1 amide bonds. The summed E-state index contributed by atoms with van der Waals surface area (Å²) in [6.45, 7) is 1.97. The Morgan fingerprint density at radius 1 is 1.03 bits per heavy atom. The minimum atomic E-state index is -0.349. The summed E-state index contributed by atoms with van der Waals surface area (Å²) in [4.78, 5) is 17.6.